The van der Waals surface area contributed by atoms with Crippen LogP contribution in [0.5, 0.6) is 11.5 Å². The van der Waals surface area contributed by atoms with Gasteiger partial charge >= 0.3 is 0 Å². The summed E-state index contributed by atoms with van der Waals surface area (Å²) < 4.78 is 25.4. The normalized spacial score (nSPS) is 15.6. The first kappa shape index (κ1) is 19.7. The average molecular weight is 424 g/mol. The summed E-state index contributed by atoms with van der Waals surface area (Å²) in [6.07, 6.45) is 1.74. The molecule has 1 aliphatic rings. The fourth-order valence-electron chi connectivity index (χ4n) is 2.41. The molecule has 0 aliphatic carbocycles. The van der Waals surface area contributed by atoms with Crippen molar-refractivity contribution in [2.24, 2.45) is 0 Å². The Labute approximate surface area is 170 Å². The number of thiocarbonyl (C=S) groups is 1. The van der Waals surface area contributed by atoms with Crippen LogP contribution in [0.1, 0.15) is 11.1 Å². The Morgan fingerprint density at radius 3 is 2.70 bits per heavy atom. The molecule has 1 aliphatic heterocycles. The molecule has 1 fully saturated rings. The van der Waals surface area contributed by atoms with Crippen LogP contribution >= 0.6 is 35.6 Å². The summed E-state index contributed by atoms with van der Waals surface area (Å²) >= 11 is 12.4. The van der Waals surface area contributed by atoms with Crippen molar-refractivity contribution in [2.75, 3.05) is 14.2 Å². The number of methoxy groups -OCH3 is 1. The zero-order chi connectivity index (χ0) is 19.6. The van der Waals surface area contributed by atoms with E-state index in [9.17, 15) is 9.18 Å². The van der Waals surface area contributed by atoms with Crippen molar-refractivity contribution >= 4 is 51.9 Å². The van der Waals surface area contributed by atoms with Crippen LogP contribution in [0.2, 0.25) is 5.02 Å². The van der Waals surface area contributed by atoms with E-state index in [2.05, 4.69) is 0 Å². The highest BCUT2D eigenvalue weighted by Gasteiger charge is 2.28. The molecule has 0 bridgehead atoms. The molecule has 0 unspecified atom stereocenters. The highest BCUT2D eigenvalue weighted by Crippen LogP contribution is 2.34. The van der Waals surface area contributed by atoms with E-state index in [1.807, 2.05) is 0 Å². The molecule has 8 heteroatoms. The van der Waals surface area contributed by atoms with Gasteiger partial charge in [0.05, 0.1) is 17.0 Å². The first-order chi connectivity index (χ1) is 12.9. The van der Waals surface area contributed by atoms with Crippen LogP contribution in [0.25, 0.3) is 6.08 Å². The second kappa shape index (κ2) is 8.29. The molecule has 2 aromatic rings. The topological polar surface area (TPSA) is 38.8 Å². The lowest BCUT2D eigenvalue weighted by molar-refractivity contribution is -0.121. The summed E-state index contributed by atoms with van der Waals surface area (Å²) in [7, 11) is 3.15. The van der Waals surface area contributed by atoms with Gasteiger partial charge in [-0.25, -0.2) is 4.39 Å². The Morgan fingerprint density at radius 2 is 2.07 bits per heavy atom. The van der Waals surface area contributed by atoms with Crippen molar-refractivity contribution in [1.82, 2.24) is 4.90 Å². The molecule has 0 spiro atoms. The van der Waals surface area contributed by atoms with E-state index in [4.69, 9.17) is 33.3 Å². The lowest BCUT2D eigenvalue weighted by Crippen LogP contribution is -2.22. The van der Waals surface area contributed by atoms with Crippen LogP contribution in [0.4, 0.5) is 4.39 Å². The summed E-state index contributed by atoms with van der Waals surface area (Å²) in [5.41, 5.74) is 1.04. The highest BCUT2D eigenvalue weighted by molar-refractivity contribution is 8.26. The average Bonchev–Trinajstić information content (AvgIpc) is 2.89. The van der Waals surface area contributed by atoms with Crippen molar-refractivity contribution in [1.29, 1.82) is 0 Å². The third kappa shape index (κ3) is 4.26. The number of carbonyl (C=O) groups is 1. The maximum atomic E-state index is 13.9. The van der Waals surface area contributed by atoms with E-state index < -0.39 is 5.82 Å². The number of nitrogens with zero attached hydrogens (tertiary/aromatic N) is 1. The summed E-state index contributed by atoms with van der Waals surface area (Å²) in [5.74, 6) is 0.332. The van der Waals surface area contributed by atoms with Crippen LogP contribution in [0.3, 0.4) is 0 Å². The van der Waals surface area contributed by atoms with Crippen molar-refractivity contribution in [3.63, 3.8) is 0 Å². The fraction of sp³-hybridized carbons (Fsp3) is 0.158. The maximum absolute atomic E-state index is 13.9. The summed E-state index contributed by atoms with van der Waals surface area (Å²) in [6, 6.07) is 9.69. The number of hydrogen-bond donors (Lipinski definition) is 0. The summed E-state index contributed by atoms with van der Waals surface area (Å²) in [5, 5.41) is 0.298. The van der Waals surface area contributed by atoms with Crippen LogP contribution in [-0.2, 0) is 11.4 Å². The van der Waals surface area contributed by atoms with Gasteiger partial charge in [-0.1, -0.05) is 47.7 Å². The second-order valence-electron chi connectivity index (χ2n) is 5.64. The van der Waals surface area contributed by atoms with Gasteiger partial charge in [0.1, 0.15) is 16.7 Å². The lowest BCUT2D eigenvalue weighted by Gasteiger charge is -2.12. The van der Waals surface area contributed by atoms with Crippen LogP contribution in [0.15, 0.2) is 41.3 Å². The Morgan fingerprint density at radius 1 is 1.30 bits per heavy atom. The number of hydrogen-bond acceptors (Lipinski definition) is 5. The molecule has 0 saturated carbocycles. The molecule has 0 N–H and O–H groups in total. The van der Waals surface area contributed by atoms with E-state index in [1.54, 1.807) is 37.4 Å². The van der Waals surface area contributed by atoms with Gasteiger partial charge in [-0.2, -0.15) is 0 Å². The molecule has 0 radical (unpaired) electrons. The molecular weight excluding hydrogens is 409 g/mol. The predicted molar refractivity (Wildman–Crippen MR) is 110 cm³/mol. The fourth-order valence-corrected chi connectivity index (χ4v) is 3.81. The number of thioether (sulfide) groups is 1. The first-order valence-corrected chi connectivity index (χ1v) is 9.46. The minimum atomic E-state index is -0.431. The summed E-state index contributed by atoms with van der Waals surface area (Å²) in [6.45, 7) is -0.0320. The monoisotopic (exact) mass is 423 g/mol. The van der Waals surface area contributed by atoms with Crippen molar-refractivity contribution in [2.45, 2.75) is 6.61 Å². The molecule has 0 aromatic heterocycles. The van der Waals surface area contributed by atoms with E-state index in [0.717, 1.165) is 5.56 Å². The quantitative estimate of drug-likeness (QED) is 0.505. The van der Waals surface area contributed by atoms with Gasteiger partial charge in [-0.15, -0.1) is 0 Å². The smallest absolute Gasteiger partial charge is 0.265 e. The molecule has 27 heavy (non-hydrogen) atoms. The van der Waals surface area contributed by atoms with Gasteiger partial charge in [-0.05, 0) is 35.9 Å². The number of carbonyl (C=O) groups excluding carboxylic acids is 1. The standard InChI is InChI=1S/C19H15ClFNO3S2/c1-22-18(23)17(27-19(22)26)9-11-6-7-15(16(8-11)24-2)25-10-12-13(20)4-3-5-14(12)21/h3-9H,10H2,1-2H3/b17-9+. The van der Waals surface area contributed by atoms with Gasteiger partial charge in [0.2, 0.25) is 0 Å². The zero-order valence-corrected chi connectivity index (χ0v) is 16.9. The van der Waals surface area contributed by atoms with E-state index in [1.165, 1.54) is 35.9 Å². The number of amides is 1. The van der Waals surface area contributed by atoms with Crippen LogP contribution < -0.4 is 9.47 Å². The summed E-state index contributed by atoms with van der Waals surface area (Å²) in [4.78, 5) is 14.1. The van der Waals surface area contributed by atoms with Gasteiger partial charge < -0.3 is 9.47 Å². The van der Waals surface area contributed by atoms with E-state index >= 15 is 0 Å². The van der Waals surface area contributed by atoms with Gasteiger partial charge in [0, 0.05) is 12.6 Å². The van der Waals surface area contributed by atoms with E-state index in [-0.39, 0.29) is 18.1 Å². The molecule has 140 valence electrons. The number of halogens is 2. The Balaban J connectivity index is 1.81. The van der Waals surface area contributed by atoms with Crippen LogP contribution in [0, 0.1) is 5.82 Å². The SMILES string of the molecule is COc1cc(/C=C2/SC(=S)N(C)C2=O)ccc1OCc1c(F)cccc1Cl. The Kier molecular flexibility index (Phi) is 6.04. The number of ether oxygens (including phenoxy) is 2. The minimum Gasteiger partial charge on any atom is -0.493 e. The third-order valence-electron chi connectivity index (χ3n) is 3.91. The molecule has 1 amide bonds. The predicted octanol–water partition coefficient (Wildman–Crippen LogP) is 4.90. The molecule has 0 atom stereocenters. The Hall–Kier alpha value is -2.09. The van der Waals surface area contributed by atoms with Crippen LogP contribution in [-0.4, -0.2) is 29.3 Å². The molecule has 1 saturated heterocycles. The molecule has 2 aromatic carbocycles. The third-order valence-corrected chi connectivity index (χ3v) is 5.74. The zero-order valence-electron chi connectivity index (χ0n) is 14.5. The number of likely N-dealkylation sites (N-methyl/N-ethyl adjacent to an activating group) is 1. The Bertz CT molecular complexity index is 928. The largest absolute Gasteiger partial charge is 0.493 e. The van der Waals surface area contributed by atoms with E-state index in [0.29, 0.717) is 25.7 Å². The molecule has 3 rings (SSSR count). The maximum Gasteiger partial charge on any atom is 0.265 e. The molecular formula is C19H15ClFNO3S2. The molecule has 4 nitrogen and oxygen atoms in total. The van der Waals surface area contributed by atoms with Crippen molar-refractivity contribution in [3.05, 3.63) is 63.3 Å². The van der Waals surface area contributed by atoms with Gasteiger partial charge in [0.25, 0.3) is 5.91 Å². The number of rotatable bonds is 5. The van der Waals surface area contributed by atoms with Crippen molar-refractivity contribution < 1.29 is 18.7 Å². The highest BCUT2D eigenvalue weighted by atomic mass is 35.5. The first-order valence-electron chi connectivity index (χ1n) is 7.86. The van der Waals surface area contributed by atoms with Gasteiger partial charge in [-0.3, -0.25) is 9.69 Å². The second-order valence-corrected chi connectivity index (χ2v) is 7.72. The van der Waals surface area contributed by atoms with Gasteiger partial charge in [0.15, 0.2) is 11.5 Å². The number of benzene rings is 2. The lowest BCUT2D eigenvalue weighted by atomic mass is 10.1. The van der Waals surface area contributed by atoms with Crippen molar-refractivity contribution in [3.8, 4) is 11.5 Å². The molecule has 1 heterocycles. The minimum absolute atomic E-state index is 0.0320.